The second kappa shape index (κ2) is 5.06. The number of rotatable bonds is 3. The van der Waals surface area contributed by atoms with Crippen molar-refractivity contribution in [2.75, 3.05) is 0 Å². The quantitative estimate of drug-likeness (QED) is 0.775. The molecule has 0 aliphatic heterocycles. The molecule has 1 heterocycles. The average molecular weight is 317 g/mol. The molecular weight excluding hydrogens is 310 g/mol. The number of carbonyl (C=O) groups excluding carboxylic acids is 1. The monoisotopic (exact) mass is 316 g/mol. The highest BCUT2D eigenvalue weighted by molar-refractivity contribution is 9.10. The molecule has 2 aromatic rings. The fourth-order valence-electron chi connectivity index (χ4n) is 1.40. The Bertz CT molecular complexity index is 565. The van der Waals surface area contributed by atoms with Gasteiger partial charge in [-0.3, -0.25) is 4.79 Å². The molecule has 0 aliphatic carbocycles. The lowest BCUT2D eigenvalue weighted by Gasteiger charge is -2.01. The highest BCUT2D eigenvalue weighted by Crippen LogP contribution is 2.22. The van der Waals surface area contributed by atoms with Crippen LogP contribution in [0.4, 0.5) is 8.78 Å². The minimum absolute atomic E-state index is 0.0829. The summed E-state index contributed by atoms with van der Waals surface area (Å²) in [5, 5.41) is 1.77. The molecule has 0 spiro atoms. The first-order valence-electron chi connectivity index (χ1n) is 4.78. The first kappa shape index (κ1) is 12.4. The van der Waals surface area contributed by atoms with Crippen LogP contribution in [0.5, 0.6) is 0 Å². The number of hydrogen-bond acceptors (Lipinski definition) is 2. The van der Waals surface area contributed by atoms with Gasteiger partial charge in [-0.05, 0) is 33.6 Å². The van der Waals surface area contributed by atoms with Gasteiger partial charge in [-0.15, -0.1) is 11.3 Å². The Hall–Kier alpha value is -1.07. The van der Waals surface area contributed by atoms with Crippen LogP contribution in [0, 0.1) is 11.6 Å². The molecule has 1 aromatic carbocycles. The van der Waals surface area contributed by atoms with Crippen molar-refractivity contribution in [2.45, 2.75) is 6.42 Å². The number of carbonyl (C=O) groups is 1. The van der Waals surface area contributed by atoms with E-state index in [4.69, 9.17) is 0 Å². The standard InChI is InChI=1S/C12H7BrF2OS/c13-8-5-11(17-6-8)10(16)4-7-2-1-3-9(14)12(7)15/h1-3,5-6H,4H2. The summed E-state index contributed by atoms with van der Waals surface area (Å²) in [6.07, 6.45) is -0.128. The van der Waals surface area contributed by atoms with Gasteiger partial charge < -0.3 is 0 Å². The lowest BCUT2D eigenvalue weighted by atomic mass is 10.1. The molecular formula is C12H7BrF2OS. The third-order valence-electron chi connectivity index (χ3n) is 2.22. The molecule has 0 aliphatic rings. The van der Waals surface area contributed by atoms with Gasteiger partial charge in [0.15, 0.2) is 17.4 Å². The molecule has 0 saturated carbocycles. The van der Waals surface area contributed by atoms with Gasteiger partial charge in [-0.1, -0.05) is 12.1 Å². The van der Waals surface area contributed by atoms with Gasteiger partial charge in [-0.25, -0.2) is 8.78 Å². The molecule has 1 nitrogen and oxygen atoms in total. The Morgan fingerprint density at radius 2 is 2.12 bits per heavy atom. The van der Waals surface area contributed by atoms with Crippen LogP contribution in [0.25, 0.3) is 0 Å². The molecule has 0 radical (unpaired) electrons. The summed E-state index contributed by atoms with van der Waals surface area (Å²) in [5.41, 5.74) is 0.0829. The van der Waals surface area contributed by atoms with Crippen molar-refractivity contribution < 1.29 is 13.6 Å². The van der Waals surface area contributed by atoms with E-state index in [1.165, 1.54) is 23.5 Å². The molecule has 88 valence electrons. The third kappa shape index (κ3) is 2.79. The van der Waals surface area contributed by atoms with Crippen LogP contribution in [-0.2, 0) is 6.42 Å². The van der Waals surface area contributed by atoms with Crippen molar-refractivity contribution in [3.63, 3.8) is 0 Å². The van der Waals surface area contributed by atoms with Gasteiger partial charge >= 0.3 is 0 Å². The number of thiophene rings is 1. The summed E-state index contributed by atoms with van der Waals surface area (Å²) in [6.45, 7) is 0. The van der Waals surface area contributed by atoms with E-state index in [-0.39, 0.29) is 17.8 Å². The number of benzene rings is 1. The second-order valence-electron chi connectivity index (χ2n) is 3.44. The van der Waals surface area contributed by atoms with Crippen LogP contribution in [0.1, 0.15) is 15.2 Å². The van der Waals surface area contributed by atoms with Gasteiger partial charge in [0.2, 0.25) is 0 Å². The predicted octanol–water partition coefficient (Wildman–Crippen LogP) is 4.21. The minimum Gasteiger partial charge on any atom is -0.293 e. The van der Waals surface area contributed by atoms with Gasteiger partial charge in [-0.2, -0.15) is 0 Å². The number of hydrogen-bond donors (Lipinski definition) is 0. The van der Waals surface area contributed by atoms with Crippen molar-refractivity contribution in [3.8, 4) is 0 Å². The second-order valence-corrected chi connectivity index (χ2v) is 5.27. The lowest BCUT2D eigenvalue weighted by molar-refractivity contribution is 0.0995. The summed E-state index contributed by atoms with van der Waals surface area (Å²) in [5.74, 6) is -2.09. The number of Topliss-reactive ketones (excluding diaryl/α,β-unsaturated/α-hetero) is 1. The van der Waals surface area contributed by atoms with Gasteiger partial charge in [0.25, 0.3) is 0 Å². The van der Waals surface area contributed by atoms with E-state index in [9.17, 15) is 13.6 Å². The molecule has 0 atom stereocenters. The maximum atomic E-state index is 13.3. The summed E-state index contributed by atoms with van der Waals surface area (Å²) in [4.78, 5) is 12.3. The highest BCUT2D eigenvalue weighted by atomic mass is 79.9. The molecule has 0 bridgehead atoms. The largest absolute Gasteiger partial charge is 0.293 e. The fraction of sp³-hybridized carbons (Fsp3) is 0.0833. The Morgan fingerprint density at radius 3 is 2.76 bits per heavy atom. The fourth-order valence-corrected chi connectivity index (χ4v) is 2.77. The molecule has 0 amide bonds. The van der Waals surface area contributed by atoms with E-state index in [1.54, 1.807) is 11.4 Å². The molecule has 0 saturated heterocycles. The summed E-state index contributed by atoms with van der Waals surface area (Å²) in [6, 6.07) is 5.51. The zero-order valence-corrected chi connectivity index (χ0v) is 10.9. The molecule has 0 fully saturated rings. The smallest absolute Gasteiger partial charge is 0.177 e. The molecule has 2 rings (SSSR count). The number of halogens is 3. The van der Waals surface area contributed by atoms with Gasteiger partial charge in [0, 0.05) is 16.3 Å². The van der Waals surface area contributed by atoms with Crippen LogP contribution in [0.2, 0.25) is 0 Å². The molecule has 1 aromatic heterocycles. The normalized spacial score (nSPS) is 10.5. The van der Waals surface area contributed by atoms with E-state index in [1.807, 2.05) is 0 Å². The maximum Gasteiger partial charge on any atom is 0.177 e. The van der Waals surface area contributed by atoms with Crippen LogP contribution in [0.15, 0.2) is 34.1 Å². The van der Waals surface area contributed by atoms with E-state index in [2.05, 4.69) is 15.9 Å². The summed E-state index contributed by atoms with van der Waals surface area (Å²) < 4.78 is 27.1. The van der Waals surface area contributed by atoms with Crippen molar-refractivity contribution in [2.24, 2.45) is 0 Å². The van der Waals surface area contributed by atoms with Crippen LogP contribution in [0.3, 0.4) is 0 Å². The van der Waals surface area contributed by atoms with Crippen molar-refractivity contribution in [1.29, 1.82) is 0 Å². The van der Waals surface area contributed by atoms with Crippen LogP contribution < -0.4 is 0 Å². The molecule has 5 heteroatoms. The third-order valence-corrected chi connectivity index (χ3v) is 3.96. The zero-order chi connectivity index (χ0) is 12.4. The molecule has 0 N–H and O–H groups in total. The van der Waals surface area contributed by atoms with Gasteiger partial charge in [0.05, 0.1) is 4.88 Å². The van der Waals surface area contributed by atoms with Crippen molar-refractivity contribution in [3.05, 3.63) is 56.2 Å². The summed E-state index contributed by atoms with van der Waals surface area (Å²) in [7, 11) is 0. The SMILES string of the molecule is O=C(Cc1cccc(F)c1F)c1cc(Br)cs1. The van der Waals surface area contributed by atoms with Crippen molar-refractivity contribution >= 4 is 33.0 Å². The minimum atomic E-state index is -0.948. The highest BCUT2D eigenvalue weighted by Gasteiger charge is 2.14. The van der Waals surface area contributed by atoms with Crippen LogP contribution >= 0.6 is 27.3 Å². The maximum absolute atomic E-state index is 13.3. The van der Waals surface area contributed by atoms with Gasteiger partial charge in [0.1, 0.15) is 0 Å². The first-order chi connectivity index (χ1) is 8.08. The molecule has 17 heavy (non-hydrogen) atoms. The van der Waals surface area contributed by atoms with E-state index >= 15 is 0 Å². The Morgan fingerprint density at radius 1 is 1.35 bits per heavy atom. The number of ketones is 1. The Labute approximate surface area is 109 Å². The summed E-state index contributed by atoms with van der Waals surface area (Å²) >= 11 is 4.51. The lowest BCUT2D eigenvalue weighted by Crippen LogP contribution is -2.04. The topological polar surface area (TPSA) is 17.1 Å². The van der Waals surface area contributed by atoms with E-state index < -0.39 is 11.6 Å². The van der Waals surface area contributed by atoms with E-state index in [0.29, 0.717) is 4.88 Å². The first-order valence-corrected chi connectivity index (χ1v) is 6.45. The van der Waals surface area contributed by atoms with Crippen molar-refractivity contribution in [1.82, 2.24) is 0 Å². The van der Waals surface area contributed by atoms with Crippen LogP contribution in [-0.4, -0.2) is 5.78 Å². The zero-order valence-electron chi connectivity index (χ0n) is 8.54. The Kier molecular flexibility index (Phi) is 3.69. The molecule has 0 unspecified atom stereocenters. The Balaban J connectivity index is 2.21. The predicted molar refractivity (Wildman–Crippen MR) is 66.4 cm³/mol. The average Bonchev–Trinajstić information content (AvgIpc) is 2.72. The van der Waals surface area contributed by atoms with E-state index in [0.717, 1.165) is 10.5 Å².